The van der Waals surface area contributed by atoms with Crippen LogP contribution in [0.5, 0.6) is 5.75 Å². The van der Waals surface area contributed by atoms with Gasteiger partial charge in [0, 0.05) is 4.90 Å². The number of thioether (sulfide) groups is 1. The molecule has 0 amide bonds. The molecule has 0 atom stereocenters. The Kier molecular flexibility index (Phi) is 4.21. The summed E-state index contributed by atoms with van der Waals surface area (Å²) in [5, 5.41) is 0. The average molecular weight is 326 g/mol. The molecule has 0 saturated carbocycles. The molecule has 0 radical (unpaired) electrons. The molecule has 0 bridgehead atoms. The summed E-state index contributed by atoms with van der Waals surface area (Å²) in [5.74, 6) is -0.556. The number of esters is 2. The van der Waals surface area contributed by atoms with Gasteiger partial charge in [-0.2, -0.15) is 0 Å². The van der Waals surface area contributed by atoms with E-state index in [0.717, 1.165) is 4.90 Å². The molecule has 0 unspecified atom stereocenters. The van der Waals surface area contributed by atoms with Gasteiger partial charge >= 0.3 is 11.9 Å². The van der Waals surface area contributed by atoms with Gasteiger partial charge in [0.25, 0.3) is 0 Å². The summed E-state index contributed by atoms with van der Waals surface area (Å²) in [7, 11) is 1.57. The number of hydrogen-bond donors (Lipinski definition) is 0. The number of rotatable bonds is 4. The van der Waals surface area contributed by atoms with Crippen molar-refractivity contribution in [1.29, 1.82) is 0 Å². The maximum Gasteiger partial charge on any atom is 0.347 e. The number of hydrogen-bond acceptors (Lipinski definition) is 5. The highest BCUT2D eigenvalue weighted by Gasteiger charge is 2.34. The van der Waals surface area contributed by atoms with E-state index in [2.05, 4.69) is 0 Å². The Bertz CT molecular complexity index is 721. The van der Waals surface area contributed by atoms with Gasteiger partial charge < -0.3 is 9.47 Å². The Morgan fingerprint density at radius 3 is 1.74 bits per heavy atom. The largest absolute Gasteiger partial charge is 0.497 e. The summed E-state index contributed by atoms with van der Waals surface area (Å²) >= 11 is 1.61. The summed E-state index contributed by atoms with van der Waals surface area (Å²) in [5.41, 5.74) is 1.89. The monoisotopic (exact) mass is 326 g/mol. The predicted octanol–water partition coefficient (Wildman–Crippen LogP) is 3.41. The molecule has 0 aromatic heterocycles. The zero-order valence-corrected chi connectivity index (χ0v) is 13.5. The van der Waals surface area contributed by atoms with Crippen molar-refractivity contribution in [3.8, 4) is 5.75 Å². The van der Waals surface area contributed by atoms with E-state index in [1.807, 2.05) is 30.5 Å². The molecule has 116 valence electrons. The van der Waals surface area contributed by atoms with Crippen LogP contribution in [0.1, 0.15) is 11.1 Å². The van der Waals surface area contributed by atoms with Gasteiger partial charge in [0.15, 0.2) is 0 Å². The second-order valence-electron chi connectivity index (χ2n) is 4.88. The lowest BCUT2D eigenvalue weighted by Gasteiger charge is -2.05. The highest BCUT2D eigenvalue weighted by molar-refractivity contribution is 7.98. The Morgan fingerprint density at radius 2 is 1.30 bits per heavy atom. The van der Waals surface area contributed by atoms with Gasteiger partial charge in [-0.25, -0.2) is 9.59 Å². The van der Waals surface area contributed by atoms with Crippen LogP contribution in [0.2, 0.25) is 0 Å². The smallest absolute Gasteiger partial charge is 0.347 e. The maximum absolute atomic E-state index is 12.1. The Balaban J connectivity index is 2.12. The van der Waals surface area contributed by atoms with E-state index >= 15 is 0 Å². The summed E-state index contributed by atoms with van der Waals surface area (Å²) in [6, 6.07) is 14.4. The van der Waals surface area contributed by atoms with E-state index in [4.69, 9.17) is 9.47 Å². The average Bonchev–Trinajstić information content (AvgIpc) is 2.89. The molecule has 0 spiro atoms. The van der Waals surface area contributed by atoms with Crippen LogP contribution in [0.3, 0.4) is 0 Å². The first-order chi connectivity index (χ1) is 11.1. The fraction of sp³-hybridized carbons (Fsp3) is 0.111. The zero-order valence-electron chi connectivity index (χ0n) is 12.7. The highest BCUT2D eigenvalue weighted by atomic mass is 32.2. The van der Waals surface area contributed by atoms with Crippen LogP contribution >= 0.6 is 11.8 Å². The van der Waals surface area contributed by atoms with Crippen molar-refractivity contribution in [1.82, 2.24) is 0 Å². The molecule has 0 N–H and O–H groups in total. The third-order valence-corrected chi connectivity index (χ3v) is 4.34. The number of carbonyl (C=O) groups excluding carboxylic acids is 2. The minimum Gasteiger partial charge on any atom is -0.497 e. The van der Waals surface area contributed by atoms with E-state index < -0.39 is 11.9 Å². The first-order valence-corrected chi connectivity index (χ1v) is 8.16. The van der Waals surface area contributed by atoms with Crippen LogP contribution in [0, 0.1) is 0 Å². The number of methoxy groups -OCH3 is 1. The molecular weight excluding hydrogens is 312 g/mol. The SMILES string of the molecule is COc1ccc(C2=C(c3ccc(SC)cc3)C(=O)OC2=O)cc1. The van der Waals surface area contributed by atoms with Crippen LogP contribution in [0.4, 0.5) is 0 Å². The van der Waals surface area contributed by atoms with Crippen LogP contribution in [-0.4, -0.2) is 25.3 Å². The van der Waals surface area contributed by atoms with Crippen molar-refractivity contribution >= 4 is 34.8 Å². The molecular formula is C18H14O4S. The van der Waals surface area contributed by atoms with Gasteiger partial charge in [-0.1, -0.05) is 24.3 Å². The second kappa shape index (κ2) is 6.30. The van der Waals surface area contributed by atoms with Crippen molar-refractivity contribution in [2.75, 3.05) is 13.4 Å². The van der Waals surface area contributed by atoms with Gasteiger partial charge in [-0.05, 0) is 41.6 Å². The quantitative estimate of drug-likeness (QED) is 0.489. The molecule has 23 heavy (non-hydrogen) atoms. The van der Waals surface area contributed by atoms with Gasteiger partial charge in [0.2, 0.25) is 0 Å². The summed E-state index contributed by atoms with van der Waals surface area (Å²) < 4.78 is 9.94. The van der Waals surface area contributed by atoms with Crippen molar-refractivity contribution in [3.05, 3.63) is 59.7 Å². The number of carbonyl (C=O) groups is 2. The maximum atomic E-state index is 12.1. The molecule has 5 heteroatoms. The van der Waals surface area contributed by atoms with Crippen molar-refractivity contribution < 1.29 is 19.1 Å². The van der Waals surface area contributed by atoms with Crippen molar-refractivity contribution in [2.24, 2.45) is 0 Å². The lowest BCUT2D eigenvalue weighted by atomic mass is 9.96. The third kappa shape index (κ3) is 2.87. The second-order valence-corrected chi connectivity index (χ2v) is 5.76. The Morgan fingerprint density at radius 1 is 0.826 bits per heavy atom. The molecule has 0 saturated heterocycles. The van der Waals surface area contributed by atoms with E-state index in [1.165, 1.54) is 0 Å². The Labute approximate surface area is 138 Å². The third-order valence-electron chi connectivity index (χ3n) is 3.60. The van der Waals surface area contributed by atoms with E-state index in [0.29, 0.717) is 22.4 Å². The molecule has 1 heterocycles. The number of benzene rings is 2. The summed E-state index contributed by atoms with van der Waals surface area (Å²) in [4.78, 5) is 25.3. The fourth-order valence-corrected chi connectivity index (χ4v) is 2.84. The van der Waals surface area contributed by atoms with Crippen LogP contribution in [-0.2, 0) is 14.3 Å². The van der Waals surface area contributed by atoms with Gasteiger partial charge in [0.1, 0.15) is 5.75 Å². The molecule has 4 nitrogen and oxygen atoms in total. The molecule has 0 aliphatic carbocycles. The predicted molar refractivity (Wildman–Crippen MR) is 89.1 cm³/mol. The molecule has 0 fully saturated rings. The van der Waals surface area contributed by atoms with E-state index in [1.54, 1.807) is 43.1 Å². The Hall–Kier alpha value is -2.53. The van der Waals surface area contributed by atoms with Gasteiger partial charge in [-0.15, -0.1) is 11.8 Å². The summed E-state index contributed by atoms with van der Waals surface area (Å²) in [6.07, 6.45) is 1.98. The molecule has 2 aromatic carbocycles. The van der Waals surface area contributed by atoms with Gasteiger partial charge in [-0.3, -0.25) is 0 Å². The lowest BCUT2D eigenvalue weighted by Crippen LogP contribution is -2.02. The zero-order chi connectivity index (χ0) is 16.4. The van der Waals surface area contributed by atoms with Gasteiger partial charge in [0.05, 0.1) is 18.3 Å². The minimum atomic E-state index is -0.621. The lowest BCUT2D eigenvalue weighted by molar-refractivity contribution is -0.149. The standard InChI is InChI=1S/C18H14O4S/c1-21-13-7-3-11(4-8-13)15-16(18(20)22-17(15)19)12-5-9-14(23-2)10-6-12/h3-10H,1-2H3. The first kappa shape index (κ1) is 15.4. The minimum absolute atomic E-state index is 0.287. The molecule has 1 aliphatic heterocycles. The first-order valence-electron chi connectivity index (χ1n) is 6.93. The molecule has 2 aromatic rings. The normalized spacial score (nSPS) is 14.2. The highest BCUT2D eigenvalue weighted by Crippen LogP contribution is 2.35. The topological polar surface area (TPSA) is 52.6 Å². The molecule has 1 aliphatic rings. The molecule has 3 rings (SSSR count). The van der Waals surface area contributed by atoms with E-state index in [-0.39, 0.29) is 5.57 Å². The van der Waals surface area contributed by atoms with Crippen molar-refractivity contribution in [2.45, 2.75) is 4.90 Å². The summed E-state index contributed by atoms with van der Waals surface area (Å²) in [6.45, 7) is 0. The number of cyclic esters (lactones) is 2. The van der Waals surface area contributed by atoms with Crippen LogP contribution in [0.25, 0.3) is 11.1 Å². The number of ether oxygens (including phenoxy) is 2. The van der Waals surface area contributed by atoms with Crippen molar-refractivity contribution in [3.63, 3.8) is 0 Å². The fourth-order valence-electron chi connectivity index (χ4n) is 2.43. The van der Waals surface area contributed by atoms with Crippen LogP contribution in [0.15, 0.2) is 53.4 Å². The van der Waals surface area contributed by atoms with Crippen LogP contribution < -0.4 is 4.74 Å². The van der Waals surface area contributed by atoms with E-state index in [9.17, 15) is 9.59 Å².